The van der Waals surface area contributed by atoms with Gasteiger partial charge in [0.15, 0.2) is 0 Å². The van der Waals surface area contributed by atoms with Crippen molar-refractivity contribution in [2.75, 3.05) is 19.6 Å². The standard InChI is InChI=1S/C12H23N3/c1-4-14-12(8-13)9-15-6-5-10(2)7-11(15)3/h10-12,14H,4-7,9H2,1-3H3. The van der Waals surface area contributed by atoms with Crippen molar-refractivity contribution >= 4 is 0 Å². The molecule has 0 bridgehead atoms. The fraction of sp³-hybridized carbons (Fsp3) is 0.917. The number of nitrogens with one attached hydrogen (secondary N) is 1. The van der Waals surface area contributed by atoms with Crippen molar-refractivity contribution in [3.63, 3.8) is 0 Å². The van der Waals surface area contributed by atoms with E-state index in [0.29, 0.717) is 6.04 Å². The highest BCUT2D eigenvalue weighted by atomic mass is 15.2. The highest BCUT2D eigenvalue weighted by Gasteiger charge is 2.24. The summed E-state index contributed by atoms with van der Waals surface area (Å²) in [7, 11) is 0. The number of hydrogen-bond acceptors (Lipinski definition) is 3. The molecule has 3 heteroatoms. The van der Waals surface area contributed by atoms with Crippen molar-refractivity contribution < 1.29 is 0 Å². The quantitative estimate of drug-likeness (QED) is 0.764. The summed E-state index contributed by atoms with van der Waals surface area (Å²) in [5.41, 5.74) is 0. The molecule has 0 spiro atoms. The van der Waals surface area contributed by atoms with Gasteiger partial charge in [-0.3, -0.25) is 4.90 Å². The number of hydrogen-bond donors (Lipinski definition) is 1. The average Bonchev–Trinajstić information content (AvgIpc) is 2.21. The number of likely N-dealkylation sites (N-methyl/N-ethyl adjacent to an activating group) is 1. The van der Waals surface area contributed by atoms with Crippen LogP contribution in [-0.2, 0) is 0 Å². The van der Waals surface area contributed by atoms with Gasteiger partial charge in [-0.05, 0) is 38.8 Å². The van der Waals surface area contributed by atoms with Crippen molar-refractivity contribution in [3.05, 3.63) is 0 Å². The van der Waals surface area contributed by atoms with Crippen LogP contribution in [0.25, 0.3) is 0 Å². The molecule has 3 nitrogen and oxygen atoms in total. The van der Waals surface area contributed by atoms with Gasteiger partial charge in [0.25, 0.3) is 0 Å². The van der Waals surface area contributed by atoms with Crippen LogP contribution in [0.5, 0.6) is 0 Å². The van der Waals surface area contributed by atoms with Crippen molar-refractivity contribution in [2.24, 2.45) is 5.92 Å². The Hall–Kier alpha value is -0.590. The van der Waals surface area contributed by atoms with E-state index in [1.165, 1.54) is 12.8 Å². The van der Waals surface area contributed by atoms with Crippen LogP contribution in [0.2, 0.25) is 0 Å². The van der Waals surface area contributed by atoms with Crippen LogP contribution in [-0.4, -0.2) is 36.6 Å². The van der Waals surface area contributed by atoms with E-state index in [4.69, 9.17) is 5.26 Å². The molecule has 0 aromatic heterocycles. The Balaban J connectivity index is 2.40. The number of nitrogens with zero attached hydrogens (tertiary/aromatic N) is 2. The molecule has 1 fully saturated rings. The fourth-order valence-corrected chi connectivity index (χ4v) is 2.36. The Morgan fingerprint density at radius 1 is 1.53 bits per heavy atom. The van der Waals surface area contributed by atoms with Gasteiger partial charge in [0.05, 0.1) is 6.07 Å². The maximum atomic E-state index is 8.99. The number of likely N-dealkylation sites (tertiary alicyclic amines) is 1. The minimum absolute atomic E-state index is 0.00847. The summed E-state index contributed by atoms with van der Waals surface area (Å²) in [6.07, 6.45) is 2.54. The molecule has 1 heterocycles. The molecule has 0 aliphatic carbocycles. The minimum atomic E-state index is -0.00847. The molecular weight excluding hydrogens is 186 g/mol. The summed E-state index contributed by atoms with van der Waals surface area (Å²) < 4.78 is 0. The molecule has 0 saturated carbocycles. The van der Waals surface area contributed by atoms with Gasteiger partial charge in [0.2, 0.25) is 0 Å². The monoisotopic (exact) mass is 209 g/mol. The van der Waals surface area contributed by atoms with Crippen LogP contribution >= 0.6 is 0 Å². The van der Waals surface area contributed by atoms with Crippen LogP contribution in [0.15, 0.2) is 0 Å². The highest BCUT2D eigenvalue weighted by Crippen LogP contribution is 2.21. The minimum Gasteiger partial charge on any atom is -0.301 e. The molecule has 1 N–H and O–H groups in total. The zero-order chi connectivity index (χ0) is 11.3. The molecule has 3 unspecified atom stereocenters. The molecular formula is C12H23N3. The van der Waals surface area contributed by atoms with Crippen molar-refractivity contribution in [1.29, 1.82) is 5.26 Å². The first-order chi connectivity index (χ1) is 7.17. The molecule has 1 saturated heterocycles. The van der Waals surface area contributed by atoms with E-state index in [2.05, 4.69) is 30.1 Å². The third kappa shape index (κ3) is 3.81. The molecule has 0 amide bonds. The first-order valence-corrected chi connectivity index (χ1v) is 6.04. The van der Waals surface area contributed by atoms with Gasteiger partial charge in [0.1, 0.15) is 6.04 Å². The molecule has 15 heavy (non-hydrogen) atoms. The van der Waals surface area contributed by atoms with Crippen LogP contribution in [0.3, 0.4) is 0 Å². The van der Waals surface area contributed by atoms with Gasteiger partial charge in [-0.2, -0.15) is 5.26 Å². The third-order valence-corrected chi connectivity index (χ3v) is 3.30. The first kappa shape index (κ1) is 12.5. The lowest BCUT2D eigenvalue weighted by molar-refractivity contribution is 0.123. The van der Waals surface area contributed by atoms with E-state index in [1.54, 1.807) is 0 Å². The van der Waals surface area contributed by atoms with E-state index in [0.717, 1.165) is 25.6 Å². The van der Waals surface area contributed by atoms with Crippen LogP contribution < -0.4 is 5.32 Å². The first-order valence-electron chi connectivity index (χ1n) is 6.04. The Morgan fingerprint density at radius 2 is 2.27 bits per heavy atom. The largest absolute Gasteiger partial charge is 0.301 e. The molecule has 86 valence electrons. The average molecular weight is 209 g/mol. The van der Waals surface area contributed by atoms with Crippen LogP contribution in [0.4, 0.5) is 0 Å². The Morgan fingerprint density at radius 3 is 2.80 bits per heavy atom. The van der Waals surface area contributed by atoms with Gasteiger partial charge in [-0.15, -0.1) is 0 Å². The van der Waals surface area contributed by atoms with Gasteiger partial charge in [0, 0.05) is 12.6 Å². The molecule has 1 rings (SSSR count). The lowest BCUT2D eigenvalue weighted by atomic mass is 9.93. The number of piperidine rings is 1. The third-order valence-electron chi connectivity index (χ3n) is 3.30. The second-order valence-electron chi connectivity index (χ2n) is 4.71. The second kappa shape index (κ2) is 6.09. The summed E-state index contributed by atoms with van der Waals surface area (Å²) in [4.78, 5) is 2.44. The lowest BCUT2D eigenvalue weighted by Crippen LogP contribution is -2.47. The maximum Gasteiger partial charge on any atom is 0.108 e. The van der Waals surface area contributed by atoms with Gasteiger partial charge >= 0.3 is 0 Å². The van der Waals surface area contributed by atoms with Crippen molar-refractivity contribution in [3.8, 4) is 6.07 Å². The van der Waals surface area contributed by atoms with E-state index >= 15 is 0 Å². The predicted octanol–water partition coefficient (Wildman–Crippen LogP) is 1.61. The molecule has 0 aromatic carbocycles. The Kier molecular flexibility index (Phi) is 5.07. The van der Waals surface area contributed by atoms with Crippen LogP contribution in [0.1, 0.15) is 33.6 Å². The summed E-state index contributed by atoms with van der Waals surface area (Å²) in [6.45, 7) is 9.53. The summed E-state index contributed by atoms with van der Waals surface area (Å²) in [6, 6.07) is 2.95. The predicted molar refractivity (Wildman–Crippen MR) is 62.5 cm³/mol. The lowest BCUT2D eigenvalue weighted by Gasteiger charge is -2.37. The Labute approximate surface area is 93.5 Å². The van der Waals surface area contributed by atoms with Crippen LogP contribution in [0, 0.1) is 17.2 Å². The molecule has 3 atom stereocenters. The smallest absolute Gasteiger partial charge is 0.108 e. The van der Waals surface area contributed by atoms with Gasteiger partial charge in [-0.25, -0.2) is 0 Å². The summed E-state index contributed by atoms with van der Waals surface area (Å²) in [5, 5.41) is 12.2. The van der Waals surface area contributed by atoms with Crippen molar-refractivity contribution in [2.45, 2.75) is 45.7 Å². The normalized spacial score (nSPS) is 29.7. The van der Waals surface area contributed by atoms with E-state index in [1.807, 2.05) is 6.92 Å². The van der Waals surface area contributed by atoms with Crippen molar-refractivity contribution in [1.82, 2.24) is 10.2 Å². The van der Waals surface area contributed by atoms with E-state index in [-0.39, 0.29) is 6.04 Å². The number of nitriles is 1. The highest BCUT2D eigenvalue weighted by molar-refractivity contribution is 4.93. The Bertz CT molecular complexity index is 221. The van der Waals surface area contributed by atoms with Gasteiger partial charge in [-0.1, -0.05) is 13.8 Å². The van der Waals surface area contributed by atoms with Gasteiger partial charge < -0.3 is 5.32 Å². The second-order valence-corrected chi connectivity index (χ2v) is 4.71. The SMILES string of the molecule is CCNC(C#N)CN1CCC(C)CC1C. The zero-order valence-electron chi connectivity index (χ0n) is 10.2. The summed E-state index contributed by atoms with van der Waals surface area (Å²) in [5.74, 6) is 0.843. The van der Waals surface area contributed by atoms with E-state index < -0.39 is 0 Å². The molecule has 0 aromatic rings. The summed E-state index contributed by atoms with van der Waals surface area (Å²) >= 11 is 0. The fourth-order valence-electron chi connectivity index (χ4n) is 2.36. The van der Waals surface area contributed by atoms with E-state index in [9.17, 15) is 0 Å². The molecule has 1 aliphatic heterocycles. The number of rotatable bonds is 4. The zero-order valence-corrected chi connectivity index (χ0v) is 10.2. The maximum absolute atomic E-state index is 8.99. The molecule has 0 radical (unpaired) electrons. The topological polar surface area (TPSA) is 39.1 Å². The molecule has 1 aliphatic rings.